The van der Waals surface area contributed by atoms with Gasteiger partial charge in [0.1, 0.15) is 0 Å². The highest BCUT2D eigenvalue weighted by Gasteiger charge is 2.38. The lowest BCUT2D eigenvalue weighted by atomic mass is 9.75. The van der Waals surface area contributed by atoms with E-state index in [0.717, 1.165) is 6.54 Å². The number of fused-ring (bicyclic) bond motifs is 1. The minimum Gasteiger partial charge on any atom is -0.399 e. The molecule has 0 aliphatic heterocycles. The molecule has 1 aliphatic carbocycles. The molecule has 0 unspecified atom stereocenters. The Labute approximate surface area is 123 Å². The fraction of sp³-hybridized carbons (Fsp3) is 0.467. The molecule has 112 valence electrons. The Balaban J connectivity index is 1.85. The molecule has 3 rings (SSSR count). The van der Waals surface area contributed by atoms with Gasteiger partial charge in [-0.25, -0.2) is 4.98 Å². The first-order chi connectivity index (χ1) is 10.00. The second-order valence-electron chi connectivity index (χ2n) is 6.02. The van der Waals surface area contributed by atoms with Crippen LogP contribution < -0.4 is 16.6 Å². The van der Waals surface area contributed by atoms with Crippen LogP contribution in [0.5, 0.6) is 0 Å². The molecule has 1 aromatic heterocycles. The monoisotopic (exact) mass is 287 g/mol. The summed E-state index contributed by atoms with van der Waals surface area (Å²) < 4.78 is 0. The topological polar surface area (TPSA) is 87.0 Å². The molecule has 0 radical (unpaired) electrons. The molecule has 2 aromatic rings. The molecule has 4 N–H and O–H groups in total. The molecule has 6 nitrogen and oxygen atoms in total. The highest BCUT2D eigenvalue weighted by atomic mass is 16.1. The van der Waals surface area contributed by atoms with Gasteiger partial charge >= 0.3 is 0 Å². The predicted molar refractivity (Wildman–Crippen MR) is 85.5 cm³/mol. The Morgan fingerprint density at radius 1 is 1.43 bits per heavy atom. The second-order valence-corrected chi connectivity index (χ2v) is 6.02. The van der Waals surface area contributed by atoms with Crippen LogP contribution in [-0.4, -0.2) is 41.0 Å². The molecule has 0 amide bonds. The van der Waals surface area contributed by atoms with Crippen molar-refractivity contribution >= 4 is 22.5 Å². The van der Waals surface area contributed by atoms with E-state index in [1.807, 2.05) is 0 Å². The van der Waals surface area contributed by atoms with Gasteiger partial charge in [0, 0.05) is 17.8 Å². The van der Waals surface area contributed by atoms with Crippen LogP contribution in [0.3, 0.4) is 0 Å². The van der Waals surface area contributed by atoms with Crippen LogP contribution in [0.4, 0.5) is 11.6 Å². The lowest BCUT2D eigenvalue weighted by Gasteiger charge is -2.47. The van der Waals surface area contributed by atoms with E-state index >= 15 is 0 Å². The molecule has 0 atom stereocenters. The standard InChI is InChI=1S/C15H21N5O/c1-20(2)15(6-3-7-15)9-17-14-18-12-5-4-10(16)8-11(12)13(21)19-14/h4-5,8H,3,6-7,9,16H2,1-2H3,(H2,17,18,19,21). The molecule has 0 saturated heterocycles. The number of hydrogen-bond acceptors (Lipinski definition) is 5. The molecule has 1 saturated carbocycles. The Bertz CT molecular complexity index is 718. The van der Waals surface area contributed by atoms with E-state index in [1.165, 1.54) is 19.3 Å². The molecule has 0 bridgehead atoms. The van der Waals surface area contributed by atoms with Crippen LogP contribution in [0.15, 0.2) is 23.0 Å². The smallest absolute Gasteiger partial charge is 0.260 e. The lowest BCUT2D eigenvalue weighted by molar-refractivity contribution is 0.0737. The van der Waals surface area contributed by atoms with Crippen molar-refractivity contribution in [1.82, 2.24) is 14.9 Å². The third kappa shape index (κ3) is 2.47. The number of hydrogen-bond donors (Lipinski definition) is 3. The normalized spacial score (nSPS) is 16.9. The predicted octanol–water partition coefficient (Wildman–Crippen LogP) is 1.40. The quantitative estimate of drug-likeness (QED) is 0.740. The summed E-state index contributed by atoms with van der Waals surface area (Å²) in [5, 5.41) is 3.80. The fourth-order valence-electron chi connectivity index (χ4n) is 2.86. The molecular formula is C15H21N5O. The Morgan fingerprint density at radius 2 is 2.19 bits per heavy atom. The van der Waals surface area contributed by atoms with Crippen molar-refractivity contribution in [2.24, 2.45) is 0 Å². The highest BCUT2D eigenvalue weighted by molar-refractivity contribution is 5.81. The maximum absolute atomic E-state index is 12.1. The summed E-state index contributed by atoms with van der Waals surface area (Å²) in [5.41, 5.74) is 6.94. The molecule has 6 heteroatoms. The number of benzene rings is 1. The highest BCUT2D eigenvalue weighted by Crippen LogP contribution is 2.35. The van der Waals surface area contributed by atoms with Crippen molar-refractivity contribution in [3.8, 4) is 0 Å². The average Bonchev–Trinajstić information content (AvgIpc) is 2.38. The maximum Gasteiger partial charge on any atom is 0.260 e. The van der Waals surface area contributed by atoms with Gasteiger partial charge in [-0.05, 0) is 51.6 Å². The van der Waals surface area contributed by atoms with Gasteiger partial charge in [-0.15, -0.1) is 0 Å². The molecule has 1 aliphatic rings. The Kier molecular flexibility index (Phi) is 3.33. The Hall–Kier alpha value is -2.08. The van der Waals surface area contributed by atoms with Crippen LogP contribution in [0, 0.1) is 0 Å². The number of nitrogens with two attached hydrogens (primary N) is 1. The number of nitrogen functional groups attached to an aromatic ring is 1. The molecule has 0 spiro atoms. The van der Waals surface area contributed by atoms with Gasteiger partial charge in [0.15, 0.2) is 0 Å². The van der Waals surface area contributed by atoms with Crippen molar-refractivity contribution in [2.75, 3.05) is 31.7 Å². The molecule has 1 fully saturated rings. The summed E-state index contributed by atoms with van der Waals surface area (Å²) in [5.74, 6) is 0.519. The van der Waals surface area contributed by atoms with E-state index in [0.29, 0.717) is 22.5 Å². The van der Waals surface area contributed by atoms with Crippen molar-refractivity contribution < 1.29 is 0 Å². The van der Waals surface area contributed by atoms with Crippen molar-refractivity contribution in [3.63, 3.8) is 0 Å². The summed E-state index contributed by atoms with van der Waals surface area (Å²) in [7, 11) is 4.19. The van der Waals surface area contributed by atoms with Gasteiger partial charge in [-0.3, -0.25) is 9.78 Å². The zero-order valence-corrected chi connectivity index (χ0v) is 12.4. The molecule has 1 heterocycles. The van der Waals surface area contributed by atoms with Gasteiger partial charge in [-0.2, -0.15) is 0 Å². The van der Waals surface area contributed by atoms with E-state index in [-0.39, 0.29) is 11.1 Å². The van der Waals surface area contributed by atoms with Crippen LogP contribution in [0.1, 0.15) is 19.3 Å². The third-order valence-electron chi connectivity index (χ3n) is 4.55. The van der Waals surface area contributed by atoms with Crippen LogP contribution in [-0.2, 0) is 0 Å². The molecule has 1 aromatic carbocycles. The number of likely N-dealkylation sites (N-methyl/N-ethyl adjacent to an activating group) is 1. The van der Waals surface area contributed by atoms with Crippen LogP contribution in [0.25, 0.3) is 10.9 Å². The summed E-state index contributed by atoms with van der Waals surface area (Å²) in [4.78, 5) is 21.6. The largest absolute Gasteiger partial charge is 0.399 e. The van der Waals surface area contributed by atoms with Crippen LogP contribution >= 0.6 is 0 Å². The summed E-state index contributed by atoms with van der Waals surface area (Å²) >= 11 is 0. The zero-order chi connectivity index (χ0) is 15.0. The summed E-state index contributed by atoms with van der Waals surface area (Å²) in [6.45, 7) is 0.781. The fourth-order valence-corrected chi connectivity index (χ4v) is 2.86. The van der Waals surface area contributed by atoms with E-state index < -0.39 is 0 Å². The first-order valence-electron chi connectivity index (χ1n) is 7.21. The Morgan fingerprint density at radius 3 is 2.81 bits per heavy atom. The minimum absolute atomic E-state index is 0.165. The number of rotatable bonds is 4. The number of nitrogens with one attached hydrogen (secondary N) is 2. The van der Waals surface area contributed by atoms with Crippen molar-refractivity contribution in [1.29, 1.82) is 0 Å². The number of aromatic nitrogens is 2. The maximum atomic E-state index is 12.1. The first-order valence-corrected chi connectivity index (χ1v) is 7.21. The number of nitrogens with zero attached hydrogens (tertiary/aromatic N) is 2. The van der Waals surface area contributed by atoms with E-state index in [1.54, 1.807) is 18.2 Å². The summed E-state index contributed by atoms with van der Waals surface area (Å²) in [6, 6.07) is 5.18. The van der Waals surface area contributed by atoms with Gasteiger partial charge in [0.25, 0.3) is 5.56 Å². The van der Waals surface area contributed by atoms with Crippen molar-refractivity contribution in [2.45, 2.75) is 24.8 Å². The van der Waals surface area contributed by atoms with Gasteiger partial charge in [0.2, 0.25) is 5.95 Å². The number of anilines is 2. The van der Waals surface area contributed by atoms with E-state index in [9.17, 15) is 4.79 Å². The average molecular weight is 287 g/mol. The number of aromatic amines is 1. The third-order valence-corrected chi connectivity index (χ3v) is 4.55. The van der Waals surface area contributed by atoms with Gasteiger partial charge in [0.05, 0.1) is 10.9 Å². The molecule has 21 heavy (non-hydrogen) atoms. The zero-order valence-electron chi connectivity index (χ0n) is 12.4. The molecular weight excluding hydrogens is 266 g/mol. The summed E-state index contributed by atoms with van der Waals surface area (Å²) in [6.07, 6.45) is 3.59. The van der Waals surface area contributed by atoms with E-state index in [2.05, 4.69) is 34.3 Å². The van der Waals surface area contributed by atoms with Crippen LogP contribution in [0.2, 0.25) is 0 Å². The van der Waals surface area contributed by atoms with Gasteiger partial charge < -0.3 is 16.0 Å². The SMILES string of the molecule is CN(C)C1(CNc2nc3ccc(N)cc3c(=O)[nH]2)CCC1. The minimum atomic E-state index is -0.165. The second kappa shape index (κ2) is 5.04. The van der Waals surface area contributed by atoms with Gasteiger partial charge in [-0.1, -0.05) is 0 Å². The van der Waals surface area contributed by atoms with E-state index in [4.69, 9.17) is 5.73 Å². The van der Waals surface area contributed by atoms with Crippen molar-refractivity contribution in [3.05, 3.63) is 28.6 Å². The number of H-pyrrole nitrogens is 1. The lowest BCUT2D eigenvalue weighted by Crippen LogP contribution is -2.54. The first kappa shape index (κ1) is 13.9.